The molecule has 0 aliphatic rings. The van der Waals surface area contributed by atoms with Crippen molar-refractivity contribution in [2.75, 3.05) is 7.05 Å². The number of hydrogen-bond acceptors (Lipinski definition) is 2. The number of fused-ring (bicyclic) bond motifs is 1. The maximum atomic E-state index is 12.2. The molecule has 0 fully saturated rings. The van der Waals surface area contributed by atoms with Crippen molar-refractivity contribution in [2.45, 2.75) is 13.1 Å². The normalized spacial score (nSPS) is 10.8. The van der Waals surface area contributed by atoms with E-state index < -0.39 is 0 Å². The van der Waals surface area contributed by atoms with Crippen molar-refractivity contribution >= 4 is 34.9 Å². The number of halogens is 2. The van der Waals surface area contributed by atoms with Gasteiger partial charge in [-0.1, -0.05) is 35.3 Å². The zero-order valence-electron chi connectivity index (χ0n) is 13.0. The van der Waals surface area contributed by atoms with Crippen molar-refractivity contribution in [1.82, 2.24) is 19.6 Å². The van der Waals surface area contributed by atoms with E-state index in [0.717, 1.165) is 16.9 Å². The molecular formula is C17H16Cl2N4O. The number of amides is 2. The molecule has 1 N–H and O–H groups in total. The maximum Gasteiger partial charge on any atom is 0.317 e. The molecule has 0 aliphatic heterocycles. The smallest absolute Gasteiger partial charge is 0.317 e. The number of rotatable bonds is 4. The molecule has 2 heterocycles. The van der Waals surface area contributed by atoms with Crippen molar-refractivity contribution in [2.24, 2.45) is 0 Å². The van der Waals surface area contributed by atoms with Gasteiger partial charge in [0.1, 0.15) is 5.65 Å². The predicted molar refractivity (Wildman–Crippen MR) is 95.4 cm³/mol. The number of benzene rings is 1. The minimum absolute atomic E-state index is 0.176. The van der Waals surface area contributed by atoms with E-state index in [4.69, 9.17) is 23.2 Å². The summed E-state index contributed by atoms with van der Waals surface area (Å²) in [6, 6.07) is 10.9. The molecule has 1 aromatic carbocycles. The third-order valence-corrected chi connectivity index (χ3v) is 4.00. The van der Waals surface area contributed by atoms with Gasteiger partial charge in [-0.25, -0.2) is 9.78 Å². The number of imidazole rings is 1. The van der Waals surface area contributed by atoms with E-state index in [9.17, 15) is 4.79 Å². The summed E-state index contributed by atoms with van der Waals surface area (Å²) in [4.78, 5) is 18.2. The van der Waals surface area contributed by atoms with Gasteiger partial charge in [-0.15, -0.1) is 0 Å². The van der Waals surface area contributed by atoms with Gasteiger partial charge in [0.05, 0.1) is 17.3 Å². The molecule has 0 unspecified atom stereocenters. The first-order valence-corrected chi connectivity index (χ1v) is 8.13. The van der Waals surface area contributed by atoms with Gasteiger partial charge in [0.2, 0.25) is 0 Å². The summed E-state index contributed by atoms with van der Waals surface area (Å²) >= 11 is 11.9. The van der Waals surface area contributed by atoms with Crippen LogP contribution in [0.25, 0.3) is 5.65 Å². The van der Waals surface area contributed by atoms with Crippen LogP contribution in [0, 0.1) is 0 Å². The van der Waals surface area contributed by atoms with E-state index in [2.05, 4.69) is 10.3 Å². The van der Waals surface area contributed by atoms with Crippen molar-refractivity contribution in [3.8, 4) is 0 Å². The molecule has 124 valence electrons. The minimum Gasteiger partial charge on any atom is -0.332 e. The summed E-state index contributed by atoms with van der Waals surface area (Å²) in [6.45, 7) is 0.825. The van der Waals surface area contributed by atoms with Crippen LogP contribution in [0.15, 0.2) is 48.8 Å². The predicted octanol–water partition coefficient (Wildman–Crippen LogP) is 3.98. The summed E-state index contributed by atoms with van der Waals surface area (Å²) < 4.78 is 1.83. The highest BCUT2D eigenvalue weighted by molar-refractivity contribution is 6.30. The Hall–Kier alpha value is -2.24. The minimum atomic E-state index is -0.176. The van der Waals surface area contributed by atoms with Gasteiger partial charge in [-0.2, -0.15) is 0 Å². The number of carbonyl (C=O) groups excluding carboxylic acids is 1. The van der Waals surface area contributed by atoms with Crippen LogP contribution in [0.1, 0.15) is 11.3 Å². The molecule has 3 rings (SSSR count). The Morgan fingerprint density at radius 1 is 1.21 bits per heavy atom. The number of nitrogens with zero attached hydrogens (tertiary/aromatic N) is 3. The van der Waals surface area contributed by atoms with Gasteiger partial charge in [0.15, 0.2) is 0 Å². The maximum absolute atomic E-state index is 12.2. The lowest BCUT2D eigenvalue weighted by Crippen LogP contribution is -2.36. The second kappa shape index (κ2) is 7.11. The molecule has 5 nitrogen and oxygen atoms in total. The number of carbonyl (C=O) groups is 1. The first-order valence-electron chi connectivity index (χ1n) is 7.38. The van der Waals surface area contributed by atoms with E-state index >= 15 is 0 Å². The standard InChI is InChI=1S/C17H16Cl2N4O/c1-22(9-12-3-2-4-13(18)7-12)17(24)20-8-15-11-23-10-14(19)5-6-16(23)21-15/h2-7,10-11H,8-9H2,1H3,(H,20,24). The van der Waals surface area contributed by atoms with E-state index in [-0.39, 0.29) is 6.03 Å². The zero-order valence-corrected chi connectivity index (χ0v) is 14.6. The van der Waals surface area contributed by atoms with E-state index in [1.54, 1.807) is 30.3 Å². The van der Waals surface area contributed by atoms with Crippen LogP contribution in [0.2, 0.25) is 10.0 Å². The Morgan fingerprint density at radius 2 is 2.04 bits per heavy atom. The fourth-order valence-corrected chi connectivity index (χ4v) is 2.77. The second-order valence-electron chi connectivity index (χ2n) is 5.49. The second-order valence-corrected chi connectivity index (χ2v) is 6.36. The van der Waals surface area contributed by atoms with Crippen LogP contribution in [-0.4, -0.2) is 27.4 Å². The lowest BCUT2D eigenvalue weighted by molar-refractivity contribution is 0.206. The van der Waals surface area contributed by atoms with Crippen LogP contribution in [-0.2, 0) is 13.1 Å². The van der Waals surface area contributed by atoms with E-state index in [1.165, 1.54) is 0 Å². The fourth-order valence-electron chi connectivity index (χ4n) is 2.38. The number of pyridine rings is 1. The Morgan fingerprint density at radius 3 is 2.83 bits per heavy atom. The molecule has 0 atom stereocenters. The third kappa shape index (κ3) is 3.99. The molecule has 2 amide bonds. The summed E-state index contributed by atoms with van der Waals surface area (Å²) in [7, 11) is 1.74. The molecule has 0 aliphatic carbocycles. The van der Waals surface area contributed by atoms with Crippen LogP contribution >= 0.6 is 23.2 Å². The zero-order chi connectivity index (χ0) is 17.1. The molecule has 0 spiro atoms. The Kier molecular flexibility index (Phi) is 4.92. The van der Waals surface area contributed by atoms with Gasteiger partial charge in [-0.3, -0.25) is 0 Å². The van der Waals surface area contributed by atoms with Crippen molar-refractivity contribution in [3.63, 3.8) is 0 Å². The Balaban J connectivity index is 1.59. The van der Waals surface area contributed by atoms with Crippen molar-refractivity contribution in [3.05, 3.63) is 70.1 Å². The van der Waals surface area contributed by atoms with Crippen LogP contribution in [0.5, 0.6) is 0 Å². The highest BCUT2D eigenvalue weighted by atomic mass is 35.5. The SMILES string of the molecule is CN(Cc1cccc(Cl)c1)C(=O)NCc1cn2cc(Cl)ccc2n1. The van der Waals surface area contributed by atoms with E-state index in [0.29, 0.717) is 23.1 Å². The lowest BCUT2D eigenvalue weighted by atomic mass is 10.2. The van der Waals surface area contributed by atoms with Gasteiger partial charge < -0.3 is 14.6 Å². The third-order valence-electron chi connectivity index (χ3n) is 3.54. The van der Waals surface area contributed by atoms with Gasteiger partial charge in [0.25, 0.3) is 0 Å². The molecule has 0 bridgehead atoms. The molecule has 2 aromatic heterocycles. The largest absolute Gasteiger partial charge is 0.332 e. The molecule has 0 saturated carbocycles. The molecular weight excluding hydrogens is 347 g/mol. The number of urea groups is 1. The summed E-state index contributed by atoms with van der Waals surface area (Å²) in [6.07, 6.45) is 3.62. The first-order chi connectivity index (χ1) is 11.5. The first kappa shape index (κ1) is 16.6. The molecule has 0 saturated heterocycles. The van der Waals surface area contributed by atoms with Crippen molar-refractivity contribution < 1.29 is 4.79 Å². The van der Waals surface area contributed by atoms with Gasteiger partial charge in [0, 0.05) is 31.0 Å². The molecule has 7 heteroatoms. The highest BCUT2D eigenvalue weighted by Crippen LogP contribution is 2.13. The summed E-state index contributed by atoms with van der Waals surface area (Å²) in [5, 5.41) is 4.15. The number of nitrogens with one attached hydrogen (secondary N) is 1. The lowest BCUT2D eigenvalue weighted by Gasteiger charge is -2.17. The highest BCUT2D eigenvalue weighted by Gasteiger charge is 2.10. The topological polar surface area (TPSA) is 49.6 Å². The van der Waals surface area contributed by atoms with Crippen LogP contribution in [0.3, 0.4) is 0 Å². The van der Waals surface area contributed by atoms with Gasteiger partial charge in [-0.05, 0) is 29.8 Å². The Labute approximate surface area is 149 Å². The summed E-state index contributed by atoms with van der Waals surface area (Å²) in [5.74, 6) is 0. The monoisotopic (exact) mass is 362 g/mol. The van der Waals surface area contributed by atoms with Crippen molar-refractivity contribution in [1.29, 1.82) is 0 Å². The quantitative estimate of drug-likeness (QED) is 0.762. The average molecular weight is 363 g/mol. The molecule has 0 radical (unpaired) electrons. The number of aromatic nitrogens is 2. The van der Waals surface area contributed by atoms with E-state index in [1.807, 2.05) is 34.9 Å². The summed E-state index contributed by atoms with van der Waals surface area (Å²) in [5.41, 5.74) is 2.53. The average Bonchev–Trinajstić information content (AvgIpc) is 2.94. The molecule has 24 heavy (non-hydrogen) atoms. The number of hydrogen-bond donors (Lipinski definition) is 1. The molecule has 3 aromatic rings. The Bertz CT molecular complexity index is 878. The van der Waals surface area contributed by atoms with Crippen LogP contribution < -0.4 is 5.32 Å². The van der Waals surface area contributed by atoms with Gasteiger partial charge >= 0.3 is 6.03 Å². The van der Waals surface area contributed by atoms with Crippen LogP contribution in [0.4, 0.5) is 4.79 Å². The fraction of sp³-hybridized carbons (Fsp3) is 0.176.